The van der Waals surface area contributed by atoms with Crippen molar-refractivity contribution in [3.63, 3.8) is 0 Å². The number of benzene rings is 4. The molecule has 2 N–H and O–H groups in total. The molecule has 6 rings (SSSR count). The molecule has 2 fully saturated rings. The van der Waals surface area contributed by atoms with E-state index >= 15 is 0 Å². The molecule has 0 saturated carbocycles. The Morgan fingerprint density at radius 1 is 0.500 bits per heavy atom. The largest absolute Gasteiger partial charge is 0.489 e. The average molecular weight is 587 g/mol. The summed E-state index contributed by atoms with van der Waals surface area (Å²) in [6.07, 6.45) is 3.73. The predicted molar refractivity (Wildman–Crippen MR) is 166 cm³/mol. The molecule has 4 aromatic rings. The highest BCUT2D eigenvalue weighted by atomic mass is 16.5. The maximum absolute atomic E-state index is 11.5. The average Bonchev–Trinajstić information content (AvgIpc) is 3.54. The number of carbonyl (C=O) groups excluding carboxylic acids is 4. The molecule has 0 radical (unpaired) electrons. The molecule has 0 aliphatic carbocycles. The van der Waals surface area contributed by atoms with Crippen LogP contribution < -0.4 is 20.1 Å². The minimum Gasteiger partial charge on any atom is -0.489 e. The second-order valence-electron chi connectivity index (χ2n) is 10.1. The Morgan fingerprint density at radius 3 is 1.18 bits per heavy atom. The van der Waals surface area contributed by atoms with Crippen LogP contribution in [-0.4, -0.2) is 23.6 Å². The fourth-order valence-corrected chi connectivity index (χ4v) is 4.45. The highest BCUT2D eigenvalue weighted by molar-refractivity contribution is 6.16. The molecule has 0 aromatic heterocycles. The lowest BCUT2D eigenvalue weighted by Gasteiger charge is -2.06. The van der Waals surface area contributed by atoms with Crippen molar-refractivity contribution in [2.75, 3.05) is 0 Å². The van der Waals surface area contributed by atoms with Crippen LogP contribution in [0.4, 0.5) is 0 Å². The topological polar surface area (TPSA) is 111 Å². The van der Waals surface area contributed by atoms with Gasteiger partial charge in [-0.3, -0.25) is 29.8 Å². The second-order valence-corrected chi connectivity index (χ2v) is 10.1. The van der Waals surface area contributed by atoms with Gasteiger partial charge in [-0.2, -0.15) is 0 Å². The third-order valence-corrected chi connectivity index (χ3v) is 6.73. The molecule has 0 atom stereocenters. The molecule has 0 unspecified atom stereocenters. The summed E-state index contributed by atoms with van der Waals surface area (Å²) in [5.41, 5.74) is 4.93. The van der Waals surface area contributed by atoms with Gasteiger partial charge in [0.15, 0.2) is 0 Å². The van der Waals surface area contributed by atoms with Crippen LogP contribution in [0, 0.1) is 0 Å². The summed E-state index contributed by atoms with van der Waals surface area (Å²) in [6.45, 7) is 1.02. The standard InChI is InChI=1S/2C18H15NO3/c2*20-17-11-15(18(21)19-17)10-13-6-8-16(9-7-13)22-12-14-4-2-1-3-5-14/h2*1-10H,11-12H2,(H,19,20,21)/b2*15-10+. The van der Waals surface area contributed by atoms with Crippen LogP contribution in [0.1, 0.15) is 35.1 Å². The quantitative estimate of drug-likeness (QED) is 0.212. The number of ether oxygens (including phenoxy) is 2. The molecule has 8 nitrogen and oxygen atoms in total. The van der Waals surface area contributed by atoms with E-state index in [1.807, 2.05) is 109 Å². The van der Waals surface area contributed by atoms with Gasteiger partial charge in [-0.15, -0.1) is 0 Å². The number of rotatable bonds is 8. The Balaban J connectivity index is 0.000000175. The summed E-state index contributed by atoms with van der Waals surface area (Å²) in [5, 5.41) is 4.53. The molecule has 2 aliphatic heterocycles. The lowest BCUT2D eigenvalue weighted by atomic mass is 10.1. The van der Waals surface area contributed by atoms with Gasteiger partial charge in [-0.05, 0) is 58.7 Å². The van der Waals surface area contributed by atoms with E-state index in [0.717, 1.165) is 33.8 Å². The monoisotopic (exact) mass is 586 g/mol. The van der Waals surface area contributed by atoms with Gasteiger partial charge < -0.3 is 9.47 Å². The van der Waals surface area contributed by atoms with E-state index in [2.05, 4.69) is 10.6 Å². The molecule has 44 heavy (non-hydrogen) atoms. The smallest absolute Gasteiger partial charge is 0.254 e. The zero-order valence-corrected chi connectivity index (χ0v) is 23.8. The Labute approximate surface area is 255 Å². The summed E-state index contributed by atoms with van der Waals surface area (Å²) < 4.78 is 11.4. The van der Waals surface area contributed by atoms with Gasteiger partial charge in [-0.25, -0.2) is 0 Å². The van der Waals surface area contributed by atoms with Gasteiger partial charge in [0.05, 0.1) is 12.8 Å². The molecule has 4 aromatic carbocycles. The van der Waals surface area contributed by atoms with Gasteiger partial charge in [0.25, 0.3) is 11.8 Å². The van der Waals surface area contributed by atoms with Crippen LogP contribution in [0.15, 0.2) is 120 Å². The molecule has 0 spiro atoms. The van der Waals surface area contributed by atoms with Gasteiger partial charge in [0.1, 0.15) is 24.7 Å². The maximum atomic E-state index is 11.5. The second kappa shape index (κ2) is 14.4. The summed E-state index contributed by atoms with van der Waals surface area (Å²) >= 11 is 0. The molecule has 2 saturated heterocycles. The maximum Gasteiger partial charge on any atom is 0.254 e. The van der Waals surface area contributed by atoms with Gasteiger partial charge >= 0.3 is 0 Å². The van der Waals surface area contributed by atoms with Crippen LogP contribution in [0.5, 0.6) is 11.5 Å². The predicted octanol–water partition coefficient (Wildman–Crippen LogP) is 5.39. The number of hydrogen-bond acceptors (Lipinski definition) is 6. The van der Waals surface area contributed by atoms with Crippen molar-refractivity contribution in [1.82, 2.24) is 10.6 Å². The molecule has 8 heteroatoms. The van der Waals surface area contributed by atoms with Crippen LogP contribution in [0.2, 0.25) is 0 Å². The van der Waals surface area contributed by atoms with E-state index in [-0.39, 0.29) is 36.5 Å². The van der Waals surface area contributed by atoms with Gasteiger partial charge in [0, 0.05) is 11.1 Å². The molecule has 2 aliphatic rings. The van der Waals surface area contributed by atoms with Crippen molar-refractivity contribution < 1.29 is 28.7 Å². The first kappa shape index (κ1) is 29.7. The molecular formula is C36H30N2O6. The first-order valence-corrected chi connectivity index (χ1v) is 14.0. The van der Waals surface area contributed by atoms with Crippen LogP contribution in [-0.2, 0) is 32.4 Å². The lowest BCUT2D eigenvalue weighted by molar-refractivity contribution is -0.125. The highest BCUT2D eigenvalue weighted by Crippen LogP contribution is 2.20. The van der Waals surface area contributed by atoms with Crippen LogP contribution in [0.25, 0.3) is 12.2 Å². The van der Waals surface area contributed by atoms with Crippen LogP contribution in [0.3, 0.4) is 0 Å². The number of nitrogens with one attached hydrogen (secondary N) is 2. The lowest BCUT2D eigenvalue weighted by Crippen LogP contribution is -2.19. The number of carbonyl (C=O) groups is 4. The van der Waals surface area contributed by atoms with Crippen molar-refractivity contribution in [2.24, 2.45) is 0 Å². The third-order valence-electron chi connectivity index (χ3n) is 6.73. The summed E-state index contributed by atoms with van der Waals surface area (Å²) in [6, 6.07) is 34.7. The minimum absolute atomic E-state index is 0.144. The SMILES string of the molecule is O=C1C/C(=C\c2ccc(OCc3ccccc3)cc2)C(=O)N1.O=C1C/C(=C\c2ccc(OCc3ccccc3)cc2)C(=O)N1. The van der Waals surface area contributed by atoms with E-state index < -0.39 is 0 Å². The van der Waals surface area contributed by atoms with E-state index in [0.29, 0.717) is 24.4 Å². The Bertz CT molecular complexity index is 1560. The van der Waals surface area contributed by atoms with Crippen molar-refractivity contribution in [2.45, 2.75) is 26.1 Å². The third kappa shape index (κ3) is 8.62. The molecule has 220 valence electrons. The zero-order valence-electron chi connectivity index (χ0n) is 23.8. The molecule has 2 heterocycles. The number of hydrogen-bond donors (Lipinski definition) is 2. The van der Waals surface area contributed by atoms with Gasteiger partial charge in [0.2, 0.25) is 11.8 Å². The summed E-state index contributed by atoms with van der Waals surface area (Å²) in [5.74, 6) is 0.401. The number of imide groups is 2. The fourth-order valence-electron chi connectivity index (χ4n) is 4.45. The van der Waals surface area contributed by atoms with E-state index in [9.17, 15) is 19.2 Å². The molecular weight excluding hydrogens is 556 g/mol. The van der Waals surface area contributed by atoms with Gasteiger partial charge in [-0.1, -0.05) is 84.9 Å². The minimum atomic E-state index is -0.311. The fraction of sp³-hybridized carbons (Fsp3) is 0.111. The summed E-state index contributed by atoms with van der Waals surface area (Å²) in [7, 11) is 0. The van der Waals surface area contributed by atoms with Crippen molar-refractivity contribution >= 4 is 35.8 Å². The van der Waals surface area contributed by atoms with E-state index in [1.54, 1.807) is 12.2 Å². The first-order chi connectivity index (χ1) is 21.4. The van der Waals surface area contributed by atoms with Crippen molar-refractivity contribution in [1.29, 1.82) is 0 Å². The van der Waals surface area contributed by atoms with Crippen molar-refractivity contribution in [3.05, 3.63) is 143 Å². The highest BCUT2D eigenvalue weighted by Gasteiger charge is 2.24. The Kier molecular flexibility index (Phi) is 9.74. The molecule has 0 bridgehead atoms. The first-order valence-electron chi connectivity index (χ1n) is 14.0. The van der Waals surface area contributed by atoms with E-state index in [1.165, 1.54) is 0 Å². The Hall–Kier alpha value is -5.76. The van der Waals surface area contributed by atoms with E-state index in [4.69, 9.17) is 9.47 Å². The Morgan fingerprint density at radius 2 is 0.864 bits per heavy atom. The zero-order chi connectivity index (χ0) is 30.7. The van der Waals surface area contributed by atoms with Crippen LogP contribution >= 0.6 is 0 Å². The summed E-state index contributed by atoms with van der Waals surface area (Å²) in [4.78, 5) is 45.3. The normalized spacial score (nSPS) is 15.9. The number of amides is 4. The molecule has 4 amide bonds. The van der Waals surface area contributed by atoms with Crippen molar-refractivity contribution in [3.8, 4) is 11.5 Å².